The SMILES string of the molecule is COC(=O)N1CC[C@]2(Br)c3cccc(N)c3N[C@@H]12. The number of nitrogens with zero attached hydrogens (tertiary/aromatic N) is 1. The molecule has 0 bridgehead atoms. The van der Waals surface area contributed by atoms with Crippen molar-refractivity contribution < 1.29 is 9.53 Å². The summed E-state index contributed by atoms with van der Waals surface area (Å²) in [5.41, 5.74) is 8.69. The van der Waals surface area contributed by atoms with Crippen LogP contribution in [0.1, 0.15) is 12.0 Å². The number of para-hydroxylation sites is 1. The average Bonchev–Trinajstić information content (AvgIpc) is 2.83. The fourth-order valence-corrected chi connectivity index (χ4v) is 3.67. The number of halogens is 1. The van der Waals surface area contributed by atoms with Crippen molar-refractivity contribution in [2.75, 3.05) is 24.7 Å². The first-order valence-corrected chi connectivity index (χ1v) is 6.56. The number of methoxy groups -OCH3 is 1. The predicted molar refractivity (Wildman–Crippen MR) is 72.6 cm³/mol. The number of nitrogens with two attached hydrogens (primary N) is 1. The van der Waals surface area contributed by atoms with Crippen LogP contribution in [-0.2, 0) is 9.06 Å². The molecular formula is C12H14BrN3O2. The number of amides is 1. The highest BCUT2D eigenvalue weighted by Crippen LogP contribution is 2.54. The molecule has 5 nitrogen and oxygen atoms in total. The monoisotopic (exact) mass is 311 g/mol. The third-order valence-electron chi connectivity index (χ3n) is 3.70. The summed E-state index contributed by atoms with van der Waals surface area (Å²) in [4.78, 5) is 13.4. The van der Waals surface area contributed by atoms with Crippen molar-refractivity contribution in [1.82, 2.24) is 4.90 Å². The molecule has 3 N–H and O–H groups in total. The molecule has 0 spiro atoms. The maximum atomic E-state index is 11.7. The van der Waals surface area contributed by atoms with Gasteiger partial charge in [-0.3, -0.25) is 4.90 Å². The summed E-state index contributed by atoms with van der Waals surface area (Å²) in [5, 5.41) is 3.32. The van der Waals surface area contributed by atoms with Crippen LogP contribution in [0, 0.1) is 0 Å². The Kier molecular flexibility index (Phi) is 2.45. The summed E-state index contributed by atoms with van der Waals surface area (Å²) in [6.07, 6.45) is 0.362. The molecule has 1 aromatic rings. The molecule has 0 saturated carbocycles. The maximum Gasteiger partial charge on any atom is 0.411 e. The van der Waals surface area contributed by atoms with Gasteiger partial charge in [0.1, 0.15) is 6.17 Å². The summed E-state index contributed by atoms with van der Waals surface area (Å²) in [5.74, 6) is 0. The zero-order valence-corrected chi connectivity index (χ0v) is 11.5. The van der Waals surface area contributed by atoms with E-state index in [2.05, 4.69) is 21.2 Å². The van der Waals surface area contributed by atoms with Crippen molar-refractivity contribution in [3.05, 3.63) is 23.8 Å². The lowest BCUT2D eigenvalue weighted by Crippen LogP contribution is -2.43. The third-order valence-corrected chi connectivity index (χ3v) is 4.95. The normalized spacial score (nSPS) is 28.6. The first-order valence-electron chi connectivity index (χ1n) is 5.77. The van der Waals surface area contributed by atoms with Gasteiger partial charge in [-0.05, 0) is 18.1 Å². The van der Waals surface area contributed by atoms with E-state index in [0.717, 1.165) is 17.7 Å². The molecule has 1 aromatic carbocycles. The van der Waals surface area contributed by atoms with Gasteiger partial charge < -0.3 is 15.8 Å². The Hall–Kier alpha value is -1.43. The number of nitrogen functional groups attached to an aromatic ring is 1. The van der Waals surface area contributed by atoms with Gasteiger partial charge in [0.15, 0.2) is 0 Å². The molecule has 0 aliphatic carbocycles. The molecule has 0 aromatic heterocycles. The Morgan fingerprint density at radius 3 is 3.17 bits per heavy atom. The number of likely N-dealkylation sites (tertiary alicyclic amines) is 1. The van der Waals surface area contributed by atoms with Crippen molar-refractivity contribution in [2.24, 2.45) is 0 Å². The minimum absolute atomic E-state index is 0.148. The van der Waals surface area contributed by atoms with Crippen LogP contribution < -0.4 is 11.1 Å². The van der Waals surface area contributed by atoms with Crippen molar-refractivity contribution in [1.29, 1.82) is 0 Å². The van der Waals surface area contributed by atoms with Gasteiger partial charge in [0.05, 0.1) is 22.8 Å². The first kappa shape index (κ1) is 11.6. The number of carbonyl (C=O) groups is 1. The van der Waals surface area contributed by atoms with E-state index in [1.165, 1.54) is 7.11 Å². The highest BCUT2D eigenvalue weighted by Gasteiger charge is 2.54. The highest BCUT2D eigenvalue weighted by atomic mass is 79.9. The van der Waals surface area contributed by atoms with E-state index in [4.69, 9.17) is 10.5 Å². The smallest absolute Gasteiger partial charge is 0.411 e. The highest BCUT2D eigenvalue weighted by molar-refractivity contribution is 9.09. The number of alkyl halides is 1. The Bertz CT molecular complexity index is 522. The second kappa shape index (κ2) is 3.78. The number of carbonyl (C=O) groups excluding carboxylic acids is 1. The summed E-state index contributed by atoms with van der Waals surface area (Å²) in [7, 11) is 1.40. The van der Waals surface area contributed by atoms with Gasteiger partial charge in [0.25, 0.3) is 0 Å². The van der Waals surface area contributed by atoms with E-state index in [1.54, 1.807) is 4.90 Å². The Morgan fingerprint density at radius 2 is 2.44 bits per heavy atom. The molecule has 1 saturated heterocycles. The number of benzene rings is 1. The van der Waals surface area contributed by atoms with Gasteiger partial charge in [0, 0.05) is 6.54 Å². The lowest BCUT2D eigenvalue weighted by Gasteiger charge is -2.26. The van der Waals surface area contributed by atoms with Crippen LogP contribution in [0.4, 0.5) is 16.2 Å². The zero-order valence-electron chi connectivity index (χ0n) is 9.94. The Morgan fingerprint density at radius 1 is 1.67 bits per heavy atom. The van der Waals surface area contributed by atoms with Crippen molar-refractivity contribution in [3.8, 4) is 0 Å². The van der Waals surface area contributed by atoms with Crippen LogP contribution in [0.5, 0.6) is 0 Å². The lowest BCUT2D eigenvalue weighted by molar-refractivity contribution is 0.121. The number of fused-ring (bicyclic) bond motifs is 3. The van der Waals surface area contributed by atoms with E-state index >= 15 is 0 Å². The van der Waals surface area contributed by atoms with Crippen molar-refractivity contribution >= 4 is 33.4 Å². The predicted octanol–water partition coefficient (Wildman–Crippen LogP) is 2.08. The van der Waals surface area contributed by atoms with Crippen molar-refractivity contribution in [2.45, 2.75) is 16.9 Å². The molecule has 2 aliphatic rings. The maximum absolute atomic E-state index is 11.7. The van der Waals surface area contributed by atoms with Gasteiger partial charge >= 0.3 is 6.09 Å². The van der Waals surface area contributed by atoms with Crippen LogP contribution in [0.15, 0.2) is 18.2 Å². The van der Waals surface area contributed by atoms with E-state index in [-0.39, 0.29) is 16.6 Å². The fourth-order valence-electron chi connectivity index (χ4n) is 2.80. The van der Waals surface area contributed by atoms with Gasteiger partial charge in [-0.25, -0.2) is 4.79 Å². The zero-order chi connectivity index (χ0) is 12.9. The quantitative estimate of drug-likeness (QED) is 0.568. The summed E-state index contributed by atoms with van der Waals surface area (Å²) in [6.45, 7) is 0.657. The van der Waals surface area contributed by atoms with Gasteiger partial charge in [0.2, 0.25) is 0 Å². The summed E-state index contributed by atoms with van der Waals surface area (Å²) < 4.78 is 4.54. The Labute approximate surface area is 113 Å². The molecule has 6 heteroatoms. The van der Waals surface area contributed by atoms with Crippen LogP contribution in [-0.4, -0.2) is 30.8 Å². The van der Waals surface area contributed by atoms with Crippen LogP contribution >= 0.6 is 15.9 Å². The van der Waals surface area contributed by atoms with E-state index in [1.807, 2.05) is 18.2 Å². The molecule has 1 amide bonds. The first-order chi connectivity index (χ1) is 8.58. The second-order valence-electron chi connectivity index (χ2n) is 4.59. The molecule has 18 heavy (non-hydrogen) atoms. The Balaban J connectivity index is 2.04. The number of ether oxygens (including phenoxy) is 1. The van der Waals surface area contributed by atoms with Crippen LogP contribution in [0.3, 0.4) is 0 Å². The van der Waals surface area contributed by atoms with E-state index < -0.39 is 0 Å². The van der Waals surface area contributed by atoms with E-state index in [0.29, 0.717) is 12.2 Å². The van der Waals surface area contributed by atoms with Crippen molar-refractivity contribution in [3.63, 3.8) is 0 Å². The standard InChI is InChI=1S/C12H14BrN3O2/c1-18-11(17)16-6-5-12(13)7-3-2-4-8(14)9(7)15-10(12)16/h2-4,10,15H,5-6,14H2,1H3/t10-,12-/m0/s1. The van der Waals surface area contributed by atoms with E-state index in [9.17, 15) is 4.79 Å². The topological polar surface area (TPSA) is 67.6 Å². The lowest BCUT2D eigenvalue weighted by atomic mass is 9.98. The summed E-state index contributed by atoms with van der Waals surface area (Å²) >= 11 is 3.78. The van der Waals surface area contributed by atoms with Gasteiger partial charge in [-0.1, -0.05) is 28.1 Å². The second-order valence-corrected chi connectivity index (χ2v) is 6.01. The molecule has 2 heterocycles. The minimum Gasteiger partial charge on any atom is -0.453 e. The molecule has 96 valence electrons. The average molecular weight is 312 g/mol. The molecule has 3 rings (SSSR count). The van der Waals surface area contributed by atoms with Crippen LogP contribution in [0.25, 0.3) is 0 Å². The molecular weight excluding hydrogens is 298 g/mol. The molecule has 0 radical (unpaired) electrons. The minimum atomic E-state index is -0.319. The number of hydrogen-bond acceptors (Lipinski definition) is 4. The fraction of sp³-hybridized carbons (Fsp3) is 0.417. The number of nitrogens with one attached hydrogen (secondary N) is 1. The number of hydrogen-bond donors (Lipinski definition) is 2. The van der Waals surface area contributed by atoms with Gasteiger partial charge in [-0.2, -0.15) is 0 Å². The largest absolute Gasteiger partial charge is 0.453 e. The molecule has 2 aliphatic heterocycles. The number of rotatable bonds is 0. The summed E-state index contributed by atoms with van der Waals surface area (Å²) in [6, 6.07) is 5.82. The van der Waals surface area contributed by atoms with Gasteiger partial charge in [-0.15, -0.1) is 0 Å². The molecule has 0 unspecified atom stereocenters. The molecule has 1 fully saturated rings. The van der Waals surface area contributed by atoms with Crippen LogP contribution in [0.2, 0.25) is 0 Å². The molecule has 2 atom stereocenters. The number of anilines is 2. The third kappa shape index (κ3) is 1.35.